The van der Waals surface area contributed by atoms with Crippen LogP contribution in [0.25, 0.3) is 54.6 Å². The Morgan fingerprint density at radius 1 is 0.368 bits per heavy atom. The minimum absolute atomic E-state index is 0.0382. The molecule has 0 unspecified atom stereocenters. The maximum atomic E-state index is 15.6. The van der Waals surface area contributed by atoms with Gasteiger partial charge in [-0.25, -0.2) is 35.1 Å². The Morgan fingerprint density at radius 2 is 0.895 bits per heavy atom. The average molecular weight is 524 g/mol. The van der Waals surface area contributed by atoms with Crippen LogP contribution in [0.2, 0.25) is 0 Å². The van der Waals surface area contributed by atoms with Gasteiger partial charge >= 0.3 is 0 Å². The van der Waals surface area contributed by atoms with Gasteiger partial charge in [-0.15, -0.1) is 0 Å². The van der Waals surface area contributed by atoms with Crippen LogP contribution in [0.15, 0.2) is 72.8 Å². The zero-order valence-corrected chi connectivity index (χ0v) is 19.0. The summed E-state index contributed by atoms with van der Waals surface area (Å²) < 4.78 is 118. The minimum atomic E-state index is -1.95. The van der Waals surface area contributed by atoms with Crippen LogP contribution < -0.4 is 0 Å². The molecule has 6 aromatic rings. The molecule has 0 bridgehead atoms. The Kier molecular flexibility index (Phi) is 5.38. The molecule has 0 fully saturated rings. The van der Waals surface area contributed by atoms with Gasteiger partial charge in [0.1, 0.15) is 5.82 Å². The molecule has 0 nitrogen and oxygen atoms in total. The Hall–Kier alpha value is -4.46. The molecule has 8 heteroatoms. The first-order valence-corrected chi connectivity index (χ1v) is 11.2. The third-order valence-corrected chi connectivity index (χ3v) is 6.63. The Labute approximate surface area is 209 Å². The van der Waals surface area contributed by atoms with Crippen molar-refractivity contribution in [2.75, 3.05) is 0 Å². The van der Waals surface area contributed by atoms with Gasteiger partial charge in [-0.1, -0.05) is 48.5 Å². The number of rotatable bonds is 2. The summed E-state index contributed by atoms with van der Waals surface area (Å²) in [5.41, 5.74) is -3.82. The van der Waals surface area contributed by atoms with Crippen LogP contribution in [0.4, 0.5) is 35.1 Å². The fourth-order valence-corrected chi connectivity index (χ4v) is 4.89. The summed E-state index contributed by atoms with van der Waals surface area (Å²) in [7, 11) is 0. The molecule has 188 valence electrons. The third-order valence-electron chi connectivity index (χ3n) is 6.63. The molecule has 0 N–H and O–H groups in total. The second-order valence-corrected chi connectivity index (χ2v) is 8.74. The van der Waals surface area contributed by atoms with Crippen LogP contribution in [0, 0.1) is 46.5 Å². The van der Waals surface area contributed by atoms with E-state index in [0.717, 1.165) is 6.07 Å². The van der Waals surface area contributed by atoms with E-state index in [1.807, 2.05) is 0 Å². The van der Waals surface area contributed by atoms with Crippen molar-refractivity contribution in [2.24, 2.45) is 0 Å². The molecule has 0 aromatic heterocycles. The topological polar surface area (TPSA) is 0 Å². The standard InChI is InChI=1S/C30H12F8/c31-21-10-14(11-22(32)26(21)34)23-27(35)29(37)24(30(38)28(23)36)19-12-20-18(16-7-3-4-8-17(16)19)9-13-5-1-2-6-15(13)25(20)33/h1-12H. The fourth-order valence-electron chi connectivity index (χ4n) is 4.89. The molecule has 0 atom stereocenters. The zero-order chi connectivity index (χ0) is 26.9. The molecule has 6 rings (SSSR count). The largest absolute Gasteiger partial charge is 0.206 e. The van der Waals surface area contributed by atoms with Crippen molar-refractivity contribution in [1.29, 1.82) is 0 Å². The number of hydrogen-bond donors (Lipinski definition) is 0. The molecule has 0 amide bonds. The quantitative estimate of drug-likeness (QED) is 0.0696. The lowest BCUT2D eigenvalue weighted by molar-refractivity contribution is 0.445. The molecule has 0 heterocycles. The van der Waals surface area contributed by atoms with Crippen LogP contribution in [0.5, 0.6) is 0 Å². The van der Waals surface area contributed by atoms with E-state index in [4.69, 9.17) is 0 Å². The van der Waals surface area contributed by atoms with Crippen molar-refractivity contribution in [1.82, 2.24) is 0 Å². The summed E-state index contributed by atoms with van der Waals surface area (Å²) >= 11 is 0. The van der Waals surface area contributed by atoms with E-state index in [2.05, 4.69) is 0 Å². The summed E-state index contributed by atoms with van der Waals surface area (Å²) in [4.78, 5) is 0. The average Bonchev–Trinajstić information content (AvgIpc) is 2.91. The van der Waals surface area contributed by atoms with E-state index in [0.29, 0.717) is 16.2 Å². The van der Waals surface area contributed by atoms with Crippen LogP contribution in [-0.4, -0.2) is 0 Å². The summed E-state index contributed by atoms with van der Waals surface area (Å²) in [5, 5.41) is 1.73. The predicted octanol–water partition coefficient (Wildman–Crippen LogP) is 9.59. The molecule has 38 heavy (non-hydrogen) atoms. The summed E-state index contributed by atoms with van der Waals surface area (Å²) in [6.07, 6.45) is 0. The van der Waals surface area contributed by atoms with Crippen molar-refractivity contribution in [3.05, 3.63) is 119 Å². The van der Waals surface area contributed by atoms with Gasteiger partial charge in [0, 0.05) is 10.8 Å². The van der Waals surface area contributed by atoms with Gasteiger partial charge in [-0.2, -0.15) is 0 Å². The van der Waals surface area contributed by atoms with E-state index in [9.17, 15) is 13.2 Å². The molecular weight excluding hydrogens is 512 g/mol. The van der Waals surface area contributed by atoms with Gasteiger partial charge in [0.05, 0.1) is 11.1 Å². The summed E-state index contributed by atoms with van der Waals surface area (Å²) in [6.45, 7) is 0. The third kappa shape index (κ3) is 3.36. The minimum Gasteiger partial charge on any atom is -0.206 e. The maximum absolute atomic E-state index is 15.6. The molecule has 0 aliphatic carbocycles. The highest BCUT2D eigenvalue weighted by Gasteiger charge is 2.30. The van der Waals surface area contributed by atoms with E-state index in [1.165, 1.54) is 18.2 Å². The lowest BCUT2D eigenvalue weighted by atomic mass is 9.89. The van der Waals surface area contributed by atoms with Gasteiger partial charge in [-0.3, -0.25) is 0 Å². The molecule has 0 aliphatic heterocycles. The SMILES string of the molecule is Fc1cc(-c2c(F)c(F)c(-c3cc4c(F)c5ccccc5cc4c4ccccc34)c(F)c2F)cc(F)c1F. The van der Waals surface area contributed by atoms with Crippen LogP contribution in [0.3, 0.4) is 0 Å². The smallest absolute Gasteiger partial charge is 0.194 e. The first-order valence-electron chi connectivity index (χ1n) is 11.2. The van der Waals surface area contributed by atoms with Crippen molar-refractivity contribution in [2.45, 2.75) is 0 Å². The van der Waals surface area contributed by atoms with Gasteiger partial charge < -0.3 is 0 Å². The maximum Gasteiger partial charge on any atom is 0.194 e. The van der Waals surface area contributed by atoms with Gasteiger partial charge in [0.15, 0.2) is 40.7 Å². The first kappa shape index (κ1) is 23.9. The van der Waals surface area contributed by atoms with Crippen molar-refractivity contribution < 1.29 is 35.1 Å². The highest BCUT2D eigenvalue weighted by atomic mass is 19.2. The zero-order valence-electron chi connectivity index (χ0n) is 19.0. The van der Waals surface area contributed by atoms with Gasteiger partial charge in [0.25, 0.3) is 0 Å². The normalized spacial score (nSPS) is 11.7. The number of hydrogen-bond acceptors (Lipinski definition) is 0. The number of fused-ring (bicyclic) bond motifs is 4. The molecular formula is C30H12F8. The summed E-state index contributed by atoms with van der Waals surface area (Å²) in [6, 6.07) is 16.0. The Balaban J connectivity index is 1.71. The number of halogens is 8. The first-order chi connectivity index (χ1) is 18.2. The van der Waals surface area contributed by atoms with Crippen LogP contribution in [0.1, 0.15) is 0 Å². The molecule has 0 radical (unpaired) electrons. The molecule has 6 aromatic carbocycles. The number of benzene rings is 6. The fraction of sp³-hybridized carbons (Fsp3) is 0. The Bertz CT molecular complexity index is 1910. The lowest BCUT2D eigenvalue weighted by Gasteiger charge is -2.16. The monoisotopic (exact) mass is 524 g/mol. The second kappa shape index (κ2) is 8.55. The molecule has 0 spiro atoms. The van der Waals surface area contributed by atoms with Crippen molar-refractivity contribution >= 4 is 32.3 Å². The van der Waals surface area contributed by atoms with Crippen LogP contribution in [-0.2, 0) is 0 Å². The molecule has 0 saturated heterocycles. The van der Waals surface area contributed by atoms with Gasteiger partial charge in [0.2, 0.25) is 0 Å². The molecule has 0 saturated carbocycles. The van der Waals surface area contributed by atoms with Crippen molar-refractivity contribution in [3.8, 4) is 22.3 Å². The van der Waals surface area contributed by atoms with Crippen LogP contribution >= 0.6 is 0 Å². The van der Waals surface area contributed by atoms with Gasteiger partial charge in [-0.05, 0) is 56.9 Å². The van der Waals surface area contributed by atoms with E-state index in [1.54, 1.807) is 36.4 Å². The van der Waals surface area contributed by atoms with E-state index < -0.39 is 63.2 Å². The van der Waals surface area contributed by atoms with E-state index >= 15 is 22.0 Å². The predicted molar refractivity (Wildman–Crippen MR) is 129 cm³/mol. The second-order valence-electron chi connectivity index (χ2n) is 8.74. The highest BCUT2D eigenvalue weighted by Crippen LogP contribution is 2.43. The van der Waals surface area contributed by atoms with E-state index in [-0.39, 0.29) is 33.9 Å². The Morgan fingerprint density at radius 3 is 1.53 bits per heavy atom. The highest BCUT2D eigenvalue weighted by molar-refractivity contribution is 6.17. The summed E-state index contributed by atoms with van der Waals surface area (Å²) in [5.74, 6) is -13.8. The molecule has 0 aliphatic rings. The van der Waals surface area contributed by atoms with Crippen molar-refractivity contribution in [3.63, 3.8) is 0 Å². The lowest BCUT2D eigenvalue weighted by Crippen LogP contribution is -2.05.